The van der Waals surface area contributed by atoms with Crippen LogP contribution in [0.4, 0.5) is 5.82 Å². The van der Waals surface area contributed by atoms with Gasteiger partial charge in [0.25, 0.3) is 0 Å². The summed E-state index contributed by atoms with van der Waals surface area (Å²) in [5, 5.41) is 3.08. The summed E-state index contributed by atoms with van der Waals surface area (Å²) >= 11 is 0. The van der Waals surface area contributed by atoms with E-state index in [2.05, 4.69) is 15.3 Å². The second-order valence-corrected chi connectivity index (χ2v) is 3.51. The van der Waals surface area contributed by atoms with Crippen molar-refractivity contribution < 1.29 is 14.3 Å². The van der Waals surface area contributed by atoms with Gasteiger partial charge in [-0.25, -0.2) is 0 Å². The van der Waals surface area contributed by atoms with E-state index in [4.69, 9.17) is 9.47 Å². The predicted octanol–water partition coefficient (Wildman–Crippen LogP) is 1.63. The Balaban J connectivity index is 2.26. The quantitative estimate of drug-likeness (QED) is 0.560. The lowest BCUT2D eigenvalue weighted by atomic mass is 10.3. The van der Waals surface area contributed by atoms with Crippen LogP contribution in [0.25, 0.3) is 0 Å². The van der Waals surface area contributed by atoms with Crippen molar-refractivity contribution in [3.05, 3.63) is 12.4 Å². The number of anilines is 1. The van der Waals surface area contributed by atoms with Crippen LogP contribution in [0.2, 0.25) is 0 Å². The molecule has 0 fully saturated rings. The van der Waals surface area contributed by atoms with Crippen LogP contribution < -0.4 is 10.1 Å². The Morgan fingerprint density at radius 3 is 2.89 bits per heavy atom. The van der Waals surface area contributed by atoms with E-state index in [1.54, 1.807) is 19.3 Å². The van der Waals surface area contributed by atoms with Gasteiger partial charge in [-0.3, -0.25) is 9.78 Å². The van der Waals surface area contributed by atoms with Crippen LogP contribution in [0, 0.1) is 0 Å². The summed E-state index contributed by atoms with van der Waals surface area (Å²) in [5.41, 5.74) is 0. The van der Waals surface area contributed by atoms with Crippen molar-refractivity contribution in [2.75, 3.05) is 25.1 Å². The van der Waals surface area contributed by atoms with Gasteiger partial charge in [-0.15, -0.1) is 0 Å². The molecule has 1 aromatic rings. The molecule has 0 aliphatic heterocycles. The third-order valence-electron chi connectivity index (χ3n) is 2.07. The normalized spacial score (nSPS) is 9.89. The van der Waals surface area contributed by atoms with E-state index in [1.165, 1.54) is 0 Å². The molecule has 0 spiro atoms. The monoisotopic (exact) mass is 253 g/mol. The molecule has 0 saturated carbocycles. The maximum absolute atomic E-state index is 11.1. The fourth-order valence-electron chi connectivity index (χ4n) is 1.33. The molecule has 6 nitrogen and oxygen atoms in total. The molecule has 0 aliphatic carbocycles. The first-order valence-electron chi connectivity index (χ1n) is 6.10. The molecule has 0 radical (unpaired) electrons. The Morgan fingerprint density at radius 1 is 1.33 bits per heavy atom. The molecule has 100 valence electrons. The zero-order chi connectivity index (χ0) is 13.2. The van der Waals surface area contributed by atoms with E-state index in [-0.39, 0.29) is 5.97 Å². The topological polar surface area (TPSA) is 73.3 Å². The third kappa shape index (κ3) is 5.47. The number of rotatable bonds is 8. The Bertz CT molecular complexity index is 371. The molecule has 1 N–H and O–H groups in total. The Morgan fingerprint density at radius 2 is 2.17 bits per heavy atom. The Kier molecular flexibility index (Phi) is 6.53. The van der Waals surface area contributed by atoms with Gasteiger partial charge in [0.15, 0.2) is 0 Å². The summed E-state index contributed by atoms with van der Waals surface area (Å²) in [6, 6.07) is 0. The van der Waals surface area contributed by atoms with Crippen LogP contribution in [0.1, 0.15) is 26.7 Å². The second-order valence-electron chi connectivity index (χ2n) is 3.51. The number of hydrogen-bond donors (Lipinski definition) is 1. The number of ether oxygens (including phenoxy) is 2. The number of nitrogens with zero attached hydrogens (tertiary/aromatic N) is 2. The number of esters is 1. The highest BCUT2D eigenvalue weighted by molar-refractivity contribution is 5.69. The number of hydrogen-bond acceptors (Lipinski definition) is 6. The largest absolute Gasteiger partial charge is 0.477 e. The van der Waals surface area contributed by atoms with E-state index >= 15 is 0 Å². The summed E-state index contributed by atoms with van der Waals surface area (Å²) in [6.45, 7) is 5.31. The van der Waals surface area contributed by atoms with Crippen molar-refractivity contribution in [1.29, 1.82) is 0 Å². The van der Waals surface area contributed by atoms with Crippen molar-refractivity contribution >= 4 is 11.8 Å². The van der Waals surface area contributed by atoms with Gasteiger partial charge in [-0.1, -0.05) is 0 Å². The van der Waals surface area contributed by atoms with Crippen LogP contribution in [-0.4, -0.2) is 35.7 Å². The SMILES string of the molecule is CCOC(=O)CCCNc1cncc(OCC)n1. The summed E-state index contributed by atoms with van der Waals surface area (Å²) in [5.74, 6) is 0.964. The standard InChI is InChI=1S/C12H19N3O3/c1-3-17-11-9-13-8-10(15-11)14-7-5-6-12(16)18-4-2/h8-9H,3-7H2,1-2H3,(H,14,15). The smallest absolute Gasteiger partial charge is 0.305 e. The minimum atomic E-state index is -0.173. The van der Waals surface area contributed by atoms with E-state index < -0.39 is 0 Å². The Labute approximate surface area is 107 Å². The van der Waals surface area contributed by atoms with Gasteiger partial charge in [0.2, 0.25) is 5.88 Å². The molecule has 6 heteroatoms. The van der Waals surface area contributed by atoms with Crippen molar-refractivity contribution in [1.82, 2.24) is 9.97 Å². The van der Waals surface area contributed by atoms with E-state index in [0.29, 0.717) is 44.3 Å². The lowest BCUT2D eigenvalue weighted by Crippen LogP contribution is -2.09. The molecule has 0 atom stereocenters. The summed E-state index contributed by atoms with van der Waals surface area (Å²) in [7, 11) is 0. The molecule has 0 unspecified atom stereocenters. The first-order valence-corrected chi connectivity index (χ1v) is 6.10. The molecule has 0 saturated heterocycles. The van der Waals surface area contributed by atoms with Crippen LogP contribution >= 0.6 is 0 Å². The highest BCUT2D eigenvalue weighted by Crippen LogP contribution is 2.08. The maximum Gasteiger partial charge on any atom is 0.305 e. The summed E-state index contributed by atoms with van der Waals surface area (Å²) in [6.07, 6.45) is 4.28. The third-order valence-corrected chi connectivity index (χ3v) is 2.07. The van der Waals surface area contributed by atoms with Crippen LogP contribution in [0.15, 0.2) is 12.4 Å². The molecular formula is C12H19N3O3. The number of nitrogens with one attached hydrogen (secondary N) is 1. The molecule has 1 heterocycles. The molecule has 1 rings (SSSR count). The number of carbonyl (C=O) groups is 1. The molecule has 0 aromatic carbocycles. The van der Waals surface area contributed by atoms with Crippen molar-refractivity contribution in [2.24, 2.45) is 0 Å². The average molecular weight is 253 g/mol. The van der Waals surface area contributed by atoms with E-state index in [9.17, 15) is 4.79 Å². The van der Waals surface area contributed by atoms with Crippen molar-refractivity contribution in [2.45, 2.75) is 26.7 Å². The van der Waals surface area contributed by atoms with Crippen molar-refractivity contribution in [3.63, 3.8) is 0 Å². The number of aromatic nitrogens is 2. The molecule has 18 heavy (non-hydrogen) atoms. The minimum absolute atomic E-state index is 0.173. The summed E-state index contributed by atoms with van der Waals surface area (Å²) < 4.78 is 10.1. The van der Waals surface area contributed by atoms with E-state index in [1.807, 2.05) is 6.92 Å². The lowest BCUT2D eigenvalue weighted by molar-refractivity contribution is -0.143. The maximum atomic E-state index is 11.1. The van der Waals surface area contributed by atoms with Gasteiger partial charge in [0.1, 0.15) is 5.82 Å². The molecule has 0 amide bonds. The van der Waals surface area contributed by atoms with Crippen molar-refractivity contribution in [3.8, 4) is 5.88 Å². The highest BCUT2D eigenvalue weighted by atomic mass is 16.5. The second kappa shape index (κ2) is 8.27. The van der Waals surface area contributed by atoms with Gasteiger partial charge in [0, 0.05) is 13.0 Å². The van der Waals surface area contributed by atoms with Gasteiger partial charge in [-0.2, -0.15) is 4.98 Å². The Hall–Kier alpha value is -1.85. The van der Waals surface area contributed by atoms with Gasteiger partial charge in [-0.05, 0) is 20.3 Å². The first-order chi connectivity index (χ1) is 8.76. The van der Waals surface area contributed by atoms with E-state index in [0.717, 1.165) is 0 Å². The zero-order valence-corrected chi connectivity index (χ0v) is 10.8. The molecule has 1 aromatic heterocycles. The fraction of sp³-hybridized carbons (Fsp3) is 0.583. The first kappa shape index (κ1) is 14.2. The highest BCUT2D eigenvalue weighted by Gasteiger charge is 2.02. The lowest BCUT2D eigenvalue weighted by Gasteiger charge is -2.06. The van der Waals surface area contributed by atoms with Gasteiger partial charge < -0.3 is 14.8 Å². The molecule has 0 aliphatic rings. The van der Waals surface area contributed by atoms with Crippen LogP contribution in [-0.2, 0) is 9.53 Å². The average Bonchev–Trinajstić information content (AvgIpc) is 2.36. The molecule has 0 bridgehead atoms. The predicted molar refractivity (Wildman–Crippen MR) is 67.6 cm³/mol. The van der Waals surface area contributed by atoms with Gasteiger partial charge >= 0.3 is 5.97 Å². The van der Waals surface area contributed by atoms with Gasteiger partial charge in [0.05, 0.1) is 25.6 Å². The van der Waals surface area contributed by atoms with Crippen LogP contribution in [0.3, 0.4) is 0 Å². The molecular weight excluding hydrogens is 234 g/mol. The zero-order valence-electron chi connectivity index (χ0n) is 10.8. The van der Waals surface area contributed by atoms with Crippen LogP contribution in [0.5, 0.6) is 5.88 Å². The summed E-state index contributed by atoms with van der Waals surface area (Å²) in [4.78, 5) is 19.3. The fourth-order valence-corrected chi connectivity index (χ4v) is 1.33. The number of carbonyl (C=O) groups excluding carboxylic acids is 1. The minimum Gasteiger partial charge on any atom is -0.477 e.